The zero-order chi connectivity index (χ0) is 15.6. The van der Waals surface area contributed by atoms with E-state index in [2.05, 4.69) is 4.98 Å². The summed E-state index contributed by atoms with van der Waals surface area (Å²) in [6.07, 6.45) is 1.17. The number of aromatic nitrogens is 1. The van der Waals surface area contributed by atoms with Gasteiger partial charge in [0, 0.05) is 43.9 Å². The quantitative estimate of drug-likeness (QED) is 0.832. The van der Waals surface area contributed by atoms with Crippen LogP contribution in [0.1, 0.15) is 30.8 Å². The molecule has 2 amide bonds. The summed E-state index contributed by atoms with van der Waals surface area (Å²) < 4.78 is 0. The first-order chi connectivity index (χ1) is 9.90. The highest BCUT2D eigenvalue weighted by Gasteiger charge is 2.36. The molecular weight excluding hydrogens is 286 g/mol. The van der Waals surface area contributed by atoms with Gasteiger partial charge >= 0.3 is 0 Å². The van der Waals surface area contributed by atoms with Gasteiger partial charge in [-0.15, -0.1) is 11.3 Å². The van der Waals surface area contributed by atoms with Crippen LogP contribution in [0.15, 0.2) is 5.51 Å². The fourth-order valence-electron chi connectivity index (χ4n) is 2.65. The number of carbonyl (C=O) groups is 2. The first kappa shape index (κ1) is 15.9. The lowest BCUT2D eigenvalue weighted by Gasteiger charge is -2.23. The molecule has 0 saturated carbocycles. The average Bonchev–Trinajstić information content (AvgIpc) is 3.01. The Morgan fingerprint density at radius 1 is 1.57 bits per heavy atom. The minimum absolute atomic E-state index is 0.0775. The van der Waals surface area contributed by atoms with E-state index in [1.165, 1.54) is 4.88 Å². The van der Waals surface area contributed by atoms with Crippen LogP contribution in [0.5, 0.6) is 0 Å². The predicted molar refractivity (Wildman–Crippen MR) is 83.1 cm³/mol. The maximum Gasteiger partial charge on any atom is 0.227 e. The number of aryl methyl sites for hydroxylation is 1. The molecule has 2 heterocycles. The predicted octanol–water partition coefficient (Wildman–Crippen LogP) is 1.71. The van der Waals surface area contributed by atoms with Crippen molar-refractivity contribution in [3.8, 4) is 0 Å². The van der Waals surface area contributed by atoms with E-state index in [-0.39, 0.29) is 23.8 Å². The van der Waals surface area contributed by atoms with Gasteiger partial charge in [0.25, 0.3) is 0 Å². The van der Waals surface area contributed by atoms with Crippen molar-refractivity contribution in [2.24, 2.45) is 5.92 Å². The minimum atomic E-state index is -0.188. The first-order valence-corrected chi connectivity index (χ1v) is 8.21. The Labute approximate surface area is 130 Å². The minimum Gasteiger partial charge on any atom is -0.345 e. The second-order valence-electron chi connectivity index (χ2n) is 5.91. The van der Waals surface area contributed by atoms with Crippen molar-refractivity contribution < 1.29 is 9.59 Å². The van der Waals surface area contributed by atoms with Crippen molar-refractivity contribution in [3.05, 3.63) is 16.1 Å². The molecule has 1 aliphatic rings. The number of hydrogen-bond donors (Lipinski definition) is 0. The van der Waals surface area contributed by atoms with Crippen molar-refractivity contribution in [2.45, 2.75) is 39.7 Å². The second kappa shape index (κ2) is 6.56. The molecule has 0 aromatic carbocycles. The molecule has 0 N–H and O–H groups in total. The van der Waals surface area contributed by atoms with E-state index in [4.69, 9.17) is 0 Å². The Hall–Kier alpha value is -1.43. The van der Waals surface area contributed by atoms with Crippen LogP contribution in [0.3, 0.4) is 0 Å². The molecule has 1 aromatic rings. The lowest BCUT2D eigenvalue weighted by atomic mass is 10.1. The standard InChI is InChI=1S/C15H23N3O2S/c1-10(2)18-8-12(7-14(18)19)15(20)17(4)6-5-13-11(3)16-9-21-13/h9-10,12H,5-8H2,1-4H3. The summed E-state index contributed by atoms with van der Waals surface area (Å²) in [5.41, 5.74) is 2.88. The maximum absolute atomic E-state index is 12.4. The van der Waals surface area contributed by atoms with Crippen LogP contribution in [0.25, 0.3) is 0 Å². The van der Waals surface area contributed by atoms with Crippen LogP contribution in [-0.2, 0) is 16.0 Å². The fourth-order valence-corrected chi connectivity index (χ4v) is 3.42. The third-order valence-corrected chi connectivity index (χ3v) is 5.02. The fraction of sp³-hybridized carbons (Fsp3) is 0.667. The molecule has 5 nitrogen and oxygen atoms in total. The maximum atomic E-state index is 12.4. The monoisotopic (exact) mass is 309 g/mol. The van der Waals surface area contributed by atoms with Crippen LogP contribution in [0.2, 0.25) is 0 Å². The van der Waals surface area contributed by atoms with Gasteiger partial charge in [-0.1, -0.05) is 0 Å². The molecule has 0 radical (unpaired) electrons. The van der Waals surface area contributed by atoms with Crippen molar-refractivity contribution in [2.75, 3.05) is 20.1 Å². The molecule has 2 rings (SSSR count). The largest absolute Gasteiger partial charge is 0.345 e. The van der Waals surface area contributed by atoms with Gasteiger partial charge in [0.15, 0.2) is 0 Å². The number of nitrogens with zero attached hydrogens (tertiary/aromatic N) is 3. The topological polar surface area (TPSA) is 53.5 Å². The highest BCUT2D eigenvalue weighted by atomic mass is 32.1. The Bertz CT molecular complexity index is 527. The summed E-state index contributed by atoms with van der Waals surface area (Å²) in [6.45, 7) is 7.19. The number of rotatable bonds is 5. The van der Waals surface area contributed by atoms with E-state index in [9.17, 15) is 9.59 Å². The van der Waals surface area contributed by atoms with Gasteiger partial charge in [-0.25, -0.2) is 4.98 Å². The molecular formula is C15H23N3O2S. The summed E-state index contributed by atoms with van der Waals surface area (Å²) in [4.78, 5) is 33.3. The lowest BCUT2D eigenvalue weighted by molar-refractivity contribution is -0.134. The van der Waals surface area contributed by atoms with E-state index in [0.29, 0.717) is 19.5 Å². The van der Waals surface area contributed by atoms with E-state index >= 15 is 0 Å². The van der Waals surface area contributed by atoms with Gasteiger partial charge in [0.05, 0.1) is 17.1 Å². The normalized spacial score (nSPS) is 18.6. The Balaban J connectivity index is 1.88. The molecule has 0 bridgehead atoms. The summed E-state index contributed by atoms with van der Waals surface area (Å²) >= 11 is 1.63. The van der Waals surface area contributed by atoms with E-state index in [1.807, 2.05) is 33.3 Å². The SMILES string of the molecule is Cc1ncsc1CCN(C)C(=O)C1CC(=O)N(C(C)C)C1. The summed E-state index contributed by atoms with van der Waals surface area (Å²) in [5, 5.41) is 0. The molecule has 0 aliphatic carbocycles. The van der Waals surface area contributed by atoms with Gasteiger partial charge in [-0.2, -0.15) is 0 Å². The van der Waals surface area contributed by atoms with Crippen molar-refractivity contribution in [1.29, 1.82) is 0 Å². The van der Waals surface area contributed by atoms with Crippen LogP contribution in [-0.4, -0.2) is 52.8 Å². The molecule has 1 aromatic heterocycles. The third-order valence-electron chi connectivity index (χ3n) is 4.03. The molecule has 1 atom stereocenters. The van der Waals surface area contributed by atoms with Crippen molar-refractivity contribution in [1.82, 2.24) is 14.8 Å². The van der Waals surface area contributed by atoms with Gasteiger partial charge in [-0.05, 0) is 20.8 Å². The molecule has 1 aliphatic heterocycles. The van der Waals surface area contributed by atoms with E-state index < -0.39 is 0 Å². The number of thiazole rings is 1. The van der Waals surface area contributed by atoms with E-state index in [0.717, 1.165) is 12.1 Å². The lowest BCUT2D eigenvalue weighted by Crippen LogP contribution is -2.37. The molecule has 21 heavy (non-hydrogen) atoms. The smallest absolute Gasteiger partial charge is 0.227 e. The molecule has 1 fully saturated rings. The third kappa shape index (κ3) is 3.61. The van der Waals surface area contributed by atoms with Gasteiger partial charge in [-0.3, -0.25) is 9.59 Å². The van der Waals surface area contributed by atoms with Crippen LogP contribution < -0.4 is 0 Å². The van der Waals surface area contributed by atoms with Crippen LogP contribution >= 0.6 is 11.3 Å². The summed E-state index contributed by atoms with van der Waals surface area (Å²) in [5.74, 6) is -0.0174. The highest BCUT2D eigenvalue weighted by molar-refractivity contribution is 7.09. The zero-order valence-electron chi connectivity index (χ0n) is 13.1. The highest BCUT2D eigenvalue weighted by Crippen LogP contribution is 2.22. The van der Waals surface area contributed by atoms with E-state index in [1.54, 1.807) is 21.1 Å². The number of hydrogen-bond acceptors (Lipinski definition) is 4. The summed E-state index contributed by atoms with van der Waals surface area (Å²) in [7, 11) is 1.82. The van der Waals surface area contributed by atoms with Gasteiger partial charge in [0.2, 0.25) is 11.8 Å². The number of carbonyl (C=O) groups excluding carboxylic acids is 2. The number of likely N-dealkylation sites (tertiary alicyclic amines) is 1. The van der Waals surface area contributed by atoms with Gasteiger partial charge in [0.1, 0.15) is 0 Å². The molecule has 6 heteroatoms. The zero-order valence-corrected chi connectivity index (χ0v) is 13.9. The average molecular weight is 309 g/mol. The molecule has 0 spiro atoms. The Morgan fingerprint density at radius 2 is 2.29 bits per heavy atom. The van der Waals surface area contributed by atoms with Gasteiger partial charge < -0.3 is 9.80 Å². The molecule has 1 saturated heterocycles. The number of amides is 2. The van der Waals surface area contributed by atoms with Crippen molar-refractivity contribution in [3.63, 3.8) is 0 Å². The molecule has 1 unspecified atom stereocenters. The molecule has 116 valence electrons. The number of likely N-dealkylation sites (N-methyl/N-ethyl adjacent to an activating group) is 1. The van der Waals surface area contributed by atoms with Crippen LogP contribution in [0.4, 0.5) is 0 Å². The Morgan fingerprint density at radius 3 is 2.81 bits per heavy atom. The van der Waals surface area contributed by atoms with Crippen LogP contribution in [0, 0.1) is 12.8 Å². The second-order valence-corrected chi connectivity index (χ2v) is 6.85. The van der Waals surface area contributed by atoms with Crippen molar-refractivity contribution >= 4 is 23.2 Å². The summed E-state index contributed by atoms with van der Waals surface area (Å²) in [6, 6.07) is 0.167. The first-order valence-electron chi connectivity index (χ1n) is 7.33. The Kier molecular flexibility index (Phi) is 4.98.